The minimum atomic E-state index is -0.0252. The van der Waals surface area contributed by atoms with Crippen LogP contribution in [0.5, 0.6) is 5.75 Å². The molecule has 2 aromatic heterocycles. The number of carbonyl (C=O) groups excluding carboxylic acids is 1. The lowest BCUT2D eigenvalue weighted by molar-refractivity contribution is 0.0946. The maximum atomic E-state index is 12.0. The number of nitrogens with one attached hydrogen (secondary N) is 2. The Hall–Kier alpha value is -3.08. The first-order valence-electron chi connectivity index (χ1n) is 8.30. The third kappa shape index (κ3) is 2.67. The standard InChI is InChI=1S/C20H19N3O2/c1-11-7-14(8-12(2)19(11)24)17-9-13(3-5-21-17)18-10-15-16(23-18)4-6-22-20(15)25/h3,5,7-10,23-24H,4,6H2,1-2H3,(H,22,25). The molecule has 0 spiro atoms. The Kier molecular flexibility index (Phi) is 3.57. The van der Waals surface area contributed by atoms with E-state index < -0.39 is 0 Å². The Bertz CT molecular complexity index is 965. The number of phenols is 1. The van der Waals surface area contributed by atoms with Gasteiger partial charge in [-0.15, -0.1) is 0 Å². The van der Waals surface area contributed by atoms with Crippen LogP contribution in [0.4, 0.5) is 0 Å². The van der Waals surface area contributed by atoms with E-state index in [9.17, 15) is 9.90 Å². The number of nitrogens with zero attached hydrogens (tertiary/aromatic N) is 1. The van der Waals surface area contributed by atoms with Crippen molar-refractivity contribution >= 4 is 5.91 Å². The SMILES string of the molecule is Cc1cc(-c2cc(-c3cc4c([nH]3)CCNC4=O)ccn2)cc(C)c1O. The van der Waals surface area contributed by atoms with Gasteiger partial charge in [0.15, 0.2) is 0 Å². The number of hydrogen-bond acceptors (Lipinski definition) is 3. The summed E-state index contributed by atoms with van der Waals surface area (Å²) in [5.74, 6) is 0.297. The molecule has 4 rings (SSSR count). The number of pyridine rings is 1. The summed E-state index contributed by atoms with van der Waals surface area (Å²) < 4.78 is 0. The van der Waals surface area contributed by atoms with Crippen LogP contribution in [0.1, 0.15) is 27.2 Å². The largest absolute Gasteiger partial charge is 0.507 e. The molecule has 1 aliphatic rings. The molecule has 5 nitrogen and oxygen atoms in total. The number of aromatic nitrogens is 2. The molecule has 1 amide bonds. The van der Waals surface area contributed by atoms with Crippen LogP contribution in [-0.4, -0.2) is 27.5 Å². The molecule has 5 heteroatoms. The molecule has 0 aliphatic carbocycles. The smallest absolute Gasteiger partial charge is 0.253 e. The second-order valence-corrected chi connectivity index (χ2v) is 6.47. The first-order chi connectivity index (χ1) is 12.0. The highest BCUT2D eigenvalue weighted by Crippen LogP contribution is 2.31. The molecule has 0 atom stereocenters. The zero-order valence-corrected chi connectivity index (χ0v) is 14.2. The second kappa shape index (κ2) is 5.77. The highest BCUT2D eigenvalue weighted by Gasteiger charge is 2.20. The number of aromatic hydroxyl groups is 1. The molecule has 0 fully saturated rings. The number of phenolic OH excluding ortho intramolecular Hbond substituents is 1. The first-order valence-corrected chi connectivity index (χ1v) is 8.30. The van der Waals surface area contributed by atoms with Gasteiger partial charge in [-0.2, -0.15) is 0 Å². The summed E-state index contributed by atoms with van der Waals surface area (Å²) in [5.41, 5.74) is 7.05. The van der Waals surface area contributed by atoms with Crippen molar-refractivity contribution in [3.05, 3.63) is 58.9 Å². The van der Waals surface area contributed by atoms with E-state index in [0.717, 1.165) is 51.3 Å². The lowest BCUT2D eigenvalue weighted by atomic mass is 10.0. The molecule has 126 valence electrons. The number of carbonyl (C=O) groups is 1. The lowest BCUT2D eigenvalue weighted by Gasteiger charge is -2.11. The normalized spacial score (nSPS) is 13.4. The van der Waals surface area contributed by atoms with Crippen molar-refractivity contribution in [2.75, 3.05) is 6.54 Å². The molecule has 0 unspecified atom stereocenters. The van der Waals surface area contributed by atoms with Crippen LogP contribution in [0.15, 0.2) is 36.5 Å². The van der Waals surface area contributed by atoms with E-state index in [1.54, 1.807) is 6.20 Å². The van der Waals surface area contributed by atoms with E-state index in [2.05, 4.69) is 15.3 Å². The molecule has 1 aromatic carbocycles. The highest BCUT2D eigenvalue weighted by atomic mass is 16.3. The zero-order valence-electron chi connectivity index (χ0n) is 14.2. The van der Waals surface area contributed by atoms with E-state index >= 15 is 0 Å². The lowest BCUT2D eigenvalue weighted by Crippen LogP contribution is -2.31. The van der Waals surface area contributed by atoms with Crippen LogP contribution < -0.4 is 5.32 Å². The molecule has 0 radical (unpaired) electrons. The number of rotatable bonds is 2. The van der Waals surface area contributed by atoms with E-state index in [-0.39, 0.29) is 5.91 Å². The van der Waals surface area contributed by atoms with Gasteiger partial charge in [-0.3, -0.25) is 9.78 Å². The topological polar surface area (TPSA) is 78.0 Å². The van der Waals surface area contributed by atoms with Gasteiger partial charge in [0.25, 0.3) is 5.91 Å². The van der Waals surface area contributed by atoms with Gasteiger partial charge in [0.1, 0.15) is 5.75 Å². The summed E-state index contributed by atoms with van der Waals surface area (Å²) >= 11 is 0. The Balaban J connectivity index is 1.77. The fourth-order valence-electron chi connectivity index (χ4n) is 3.31. The van der Waals surface area contributed by atoms with Gasteiger partial charge in [-0.1, -0.05) is 0 Å². The van der Waals surface area contributed by atoms with Crippen molar-refractivity contribution in [1.29, 1.82) is 0 Å². The molecule has 0 saturated heterocycles. The molecular formula is C20H19N3O2. The van der Waals surface area contributed by atoms with Gasteiger partial charge in [0.2, 0.25) is 0 Å². The molecule has 0 bridgehead atoms. The first kappa shape index (κ1) is 15.4. The van der Waals surface area contributed by atoms with Crippen molar-refractivity contribution in [2.24, 2.45) is 0 Å². The third-order valence-electron chi connectivity index (χ3n) is 4.66. The van der Waals surface area contributed by atoms with Crippen molar-refractivity contribution in [2.45, 2.75) is 20.3 Å². The number of fused-ring (bicyclic) bond motifs is 1. The second-order valence-electron chi connectivity index (χ2n) is 6.47. The van der Waals surface area contributed by atoms with E-state index in [1.165, 1.54) is 0 Å². The van der Waals surface area contributed by atoms with Crippen molar-refractivity contribution in [1.82, 2.24) is 15.3 Å². The third-order valence-corrected chi connectivity index (χ3v) is 4.66. The van der Waals surface area contributed by atoms with Crippen LogP contribution >= 0.6 is 0 Å². The molecule has 0 saturated carbocycles. The van der Waals surface area contributed by atoms with Crippen LogP contribution in [0.25, 0.3) is 22.5 Å². The molecule has 3 aromatic rings. The van der Waals surface area contributed by atoms with Gasteiger partial charge in [-0.25, -0.2) is 0 Å². The summed E-state index contributed by atoms with van der Waals surface area (Å²) in [6.07, 6.45) is 2.58. The quantitative estimate of drug-likeness (QED) is 0.673. The van der Waals surface area contributed by atoms with Gasteiger partial charge in [0.05, 0.1) is 11.3 Å². The molecule has 3 N–H and O–H groups in total. The number of aryl methyl sites for hydroxylation is 2. The van der Waals surface area contributed by atoms with Gasteiger partial charge in [0, 0.05) is 41.7 Å². The Morgan fingerprint density at radius 2 is 1.84 bits per heavy atom. The van der Waals surface area contributed by atoms with Gasteiger partial charge < -0.3 is 15.4 Å². The van der Waals surface area contributed by atoms with Crippen molar-refractivity contribution in [3.63, 3.8) is 0 Å². The summed E-state index contributed by atoms with van der Waals surface area (Å²) in [6, 6.07) is 9.69. The Morgan fingerprint density at radius 3 is 2.56 bits per heavy atom. The summed E-state index contributed by atoms with van der Waals surface area (Å²) in [6.45, 7) is 4.43. The monoisotopic (exact) mass is 333 g/mol. The maximum Gasteiger partial charge on any atom is 0.253 e. The summed E-state index contributed by atoms with van der Waals surface area (Å²) in [7, 11) is 0. The maximum absolute atomic E-state index is 12.0. The van der Waals surface area contributed by atoms with Gasteiger partial charge in [-0.05, 0) is 55.3 Å². The summed E-state index contributed by atoms with van der Waals surface area (Å²) in [5, 5.41) is 12.8. The van der Waals surface area contributed by atoms with Crippen LogP contribution in [0, 0.1) is 13.8 Å². The van der Waals surface area contributed by atoms with Crippen LogP contribution in [0.3, 0.4) is 0 Å². The number of hydrogen-bond donors (Lipinski definition) is 3. The van der Waals surface area contributed by atoms with Gasteiger partial charge >= 0.3 is 0 Å². The molecular weight excluding hydrogens is 314 g/mol. The number of H-pyrrole nitrogens is 1. The predicted octanol–water partition coefficient (Wildman–Crippen LogP) is 3.35. The number of amides is 1. The Labute approximate surface area is 145 Å². The van der Waals surface area contributed by atoms with Crippen LogP contribution in [0.2, 0.25) is 0 Å². The Morgan fingerprint density at radius 1 is 1.08 bits per heavy atom. The molecule has 25 heavy (non-hydrogen) atoms. The minimum absolute atomic E-state index is 0.0252. The van der Waals surface area contributed by atoms with E-state index in [0.29, 0.717) is 12.3 Å². The van der Waals surface area contributed by atoms with Crippen molar-refractivity contribution < 1.29 is 9.90 Å². The average Bonchev–Trinajstić information content (AvgIpc) is 3.05. The summed E-state index contributed by atoms with van der Waals surface area (Å²) in [4.78, 5) is 19.8. The zero-order chi connectivity index (χ0) is 17.6. The average molecular weight is 333 g/mol. The molecule has 1 aliphatic heterocycles. The highest BCUT2D eigenvalue weighted by molar-refractivity contribution is 5.97. The van der Waals surface area contributed by atoms with Crippen LogP contribution in [-0.2, 0) is 6.42 Å². The fourth-order valence-corrected chi connectivity index (χ4v) is 3.31. The molecule has 3 heterocycles. The van der Waals surface area contributed by atoms with E-state index in [1.807, 2.05) is 44.2 Å². The van der Waals surface area contributed by atoms with Crippen molar-refractivity contribution in [3.8, 4) is 28.3 Å². The minimum Gasteiger partial charge on any atom is -0.507 e. The number of benzene rings is 1. The number of aromatic amines is 1. The predicted molar refractivity (Wildman–Crippen MR) is 96.6 cm³/mol. The van der Waals surface area contributed by atoms with E-state index in [4.69, 9.17) is 0 Å². The fraction of sp³-hybridized carbons (Fsp3) is 0.200.